The zero-order valence-electron chi connectivity index (χ0n) is 16.0. The van der Waals surface area contributed by atoms with E-state index in [1.807, 2.05) is 36.4 Å². The number of hydrogen-bond donors (Lipinski definition) is 0. The summed E-state index contributed by atoms with van der Waals surface area (Å²) in [6, 6.07) is 11.9. The SMILES string of the molecule is C=CCn1c(SCc2noc(CCC)n2)nc2sc(-c3ccccc3)cc2c1=O. The van der Waals surface area contributed by atoms with Crippen molar-refractivity contribution in [1.82, 2.24) is 19.7 Å². The number of hydrogen-bond acceptors (Lipinski definition) is 7. The first-order valence-electron chi connectivity index (χ1n) is 9.34. The van der Waals surface area contributed by atoms with E-state index in [4.69, 9.17) is 9.51 Å². The van der Waals surface area contributed by atoms with Gasteiger partial charge in [-0.25, -0.2) is 4.98 Å². The van der Waals surface area contributed by atoms with Gasteiger partial charge in [0.1, 0.15) is 4.83 Å². The van der Waals surface area contributed by atoms with E-state index in [9.17, 15) is 4.79 Å². The van der Waals surface area contributed by atoms with Crippen LogP contribution in [0.2, 0.25) is 0 Å². The summed E-state index contributed by atoms with van der Waals surface area (Å²) >= 11 is 2.96. The fourth-order valence-corrected chi connectivity index (χ4v) is 4.87. The lowest BCUT2D eigenvalue weighted by Crippen LogP contribution is -2.22. The van der Waals surface area contributed by atoms with Crippen molar-refractivity contribution in [3.8, 4) is 10.4 Å². The van der Waals surface area contributed by atoms with Gasteiger partial charge in [0.15, 0.2) is 11.0 Å². The van der Waals surface area contributed by atoms with Crippen LogP contribution in [0.3, 0.4) is 0 Å². The van der Waals surface area contributed by atoms with Crippen LogP contribution in [0.1, 0.15) is 25.1 Å². The average Bonchev–Trinajstić information content (AvgIpc) is 3.37. The third-order valence-corrected chi connectivity index (χ3v) is 6.34. The Morgan fingerprint density at radius 1 is 1.28 bits per heavy atom. The van der Waals surface area contributed by atoms with Crippen LogP contribution in [0.5, 0.6) is 0 Å². The van der Waals surface area contributed by atoms with Gasteiger partial charge in [0.25, 0.3) is 5.56 Å². The van der Waals surface area contributed by atoms with E-state index in [1.54, 1.807) is 10.6 Å². The number of aromatic nitrogens is 4. The highest BCUT2D eigenvalue weighted by molar-refractivity contribution is 7.98. The first kappa shape index (κ1) is 19.6. The molecule has 0 N–H and O–H groups in total. The third-order valence-electron chi connectivity index (χ3n) is 4.29. The van der Waals surface area contributed by atoms with Gasteiger partial charge in [0.2, 0.25) is 5.89 Å². The van der Waals surface area contributed by atoms with Gasteiger partial charge in [-0.15, -0.1) is 17.9 Å². The minimum Gasteiger partial charge on any atom is -0.339 e. The standard InChI is InChI=1S/C21H20N4O2S2/c1-3-8-18-22-17(24-27-18)13-28-21-23-19-15(20(26)25(21)11-4-2)12-16(29-19)14-9-6-5-7-10-14/h4-7,9-10,12H,2-3,8,11,13H2,1H3. The van der Waals surface area contributed by atoms with Gasteiger partial charge in [0, 0.05) is 17.8 Å². The molecule has 0 saturated carbocycles. The van der Waals surface area contributed by atoms with Gasteiger partial charge in [-0.2, -0.15) is 4.98 Å². The Hall–Kier alpha value is -2.71. The van der Waals surface area contributed by atoms with Crippen molar-refractivity contribution in [2.24, 2.45) is 0 Å². The van der Waals surface area contributed by atoms with E-state index in [-0.39, 0.29) is 5.56 Å². The quantitative estimate of drug-likeness (QED) is 0.227. The summed E-state index contributed by atoms with van der Waals surface area (Å²) in [7, 11) is 0. The van der Waals surface area contributed by atoms with Crippen LogP contribution in [0.25, 0.3) is 20.7 Å². The van der Waals surface area contributed by atoms with Crippen LogP contribution in [-0.4, -0.2) is 19.7 Å². The summed E-state index contributed by atoms with van der Waals surface area (Å²) in [6.07, 6.45) is 3.42. The van der Waals surface area contributed by atoms with E-state index < -0.39 is 0 Å². The molecule has 0 amide bonds. The Labute approximate surface area is 176 Å². The molecule has 0 aliphatic carbocycles. The molecule has 0 spiro atoms. The van der Waals surface area contributed by atoms with E-state index in [2.05, 4.69) is 23.6 Å². The lowest BCUT2D eigenvalue weighted by Gasteiger charge is -2.08. The van der Waals surface area contributed by atoms with Crippen LogP contribution in [0, 0.1) is 0 Å². The topological polar surface area (TPSA) is 73.8 Å². The molecule has 0 unspecified atom stereocenters. The Morgan fingerprint density at radius 2 is 2.10 bits per heavy atom. The molecule has 4 rings (SSSR count). The number of allylic oxidation sites excluding steroid dienone is 1. The molecule has 148 valence electrons. The molecule has 0 aliphatic heterocycles. The molecule has 0 aliphatic rings. The lowest BCUT2D eigenvalue weighted by atomic mass is 10.2. The molecule has 0 fully saturated rings. The second-order valence-electron chi connectivity index (χ2n) is 6.44. The Bertz CT molecular complexity index is 1190. The Kier molecular flexibility index (Phi) is 5.92. The predicted octanol–water partition coefficient (Wildman–Crippen LogP) is 4.94. The summed E-state index contributed by atoms with van der Waals surface area (Å²) in [5.74, 6) is 1.73. The molecule has 4 aromatic rings. The maximum atomic E-state index is 13.1. The zero-order chi connectivity index (χ0) is 20.2. The van der Waals surface area contributed by atoms with Crippen molar-refractivity contribution in [3.63, 3.8) is 0 Å². The van der Waals surface area contributed by atoms with E-state index >= 15 is 0 Å². The first-order chi connectivity index (χ1) is 14.2. The van der Waals surface area contributed by atoms with Gasteiger partial charge in [0.05, 0.1) is 11.1 Å². The smallest absolute Gasteiger partial charge is 0.263 e. The summed E-state index contributed by atoms with van der Waals surface area (Å²) in [5, 5.41) is 5.27. The van der Waals surface area contributed by atoms with Crippen LogP contribution >= 0.6 is 23.1 Å². The Morgan fingerprint density at radius 3 is 2.86 bits per heavy atom. The predicted molar refractivity (Wildman–Crippen MR) is 117 cm³/mol. The molecule has 0 bridgehead atoms. The van der Waals surface area contributed by atoms with Crippen molar-refractivity contribution < 1.29 is 4.52 Å². The molecule has 0 saturated heterocycles. The molecular formula is C21H20N4O2S2. The zero-order valence-corrected chi connectivity index (χ0v) is 17.6. The minimum absolute atomic E-state index is 0.0596. The summed E-state index contributed by atoms with van der Waals surface area (Å²) in [6.45, 7) is 6.24. The van der Waals surface area contributed by atoms with Crippen LogP contribution in [0.15, 0.2) is 63.5 Å². The highest BCUT2D eigenvalue weighted by atomic mass is 32.2. The highest BCUT2D eigenvalue weighted by Gasteiger charge is 2.16. The number of thioether (sulfide) groups is 1. The van der Waals surface area contributed by atoms with Crippen molar-refractivity contribution in [3.05, 3.63) is 71.1 Å². The third kappa shape index (κ3) is 4.18. The molecule has 0 radical (unpaired) electrons. The maximum absolute atomic E-state index is 13.1. The second-order valence-corrected chi connectivity index (χ2v) is 8.41. The highest BCUT2D eigenvalue weighted by Crippen LogP contribution is 2.32. The van der Waals surface area contributed by atoms with Crippen molar-refractivity contribution in [1.29, 1.82) is 0 Å². The van der Waals surface area contributed by atoms with E-state index in [0.717, 1.165) is 28.1 Å². The largest absolute Gasteiger partial charge is 0.339 e. The number of aryl methyl sites for hydroxylation is 1. The summed E-state index contributed by atoms with van der Waals surface area (Å²) < 4.78 is 6.89. The number of benzene rings is 1. The maximum Gasteiger partial charge on any atom is 0.263 e. The summed E-state index contributed by atoms with van der Waals surface area (Å²) in [5.41, 5.74) is 1.02. The Balaban J connectivity index is 1.69. The summed E-state index contributed by atoms with van der Waals surface area (Å²) in [4.78, 5) is 24.0. The number of nitrogens with zero attached hydrogens (tertiary/aromatic N) is 4. The van der Waals surface area contributed by atoms with E-state index in [1.165, 1.54) is 23.1 Å². The monoisotopic (exact) mass is 424 g/mol. The molecule has 29 heavy (non-hydrogen) atoms. The van der Waals surface area contributed by atoms with Crippen LogP contribution in [0.4, 0.5) is 0 Å². The van der Waals surface area contributed by atoms with Crippen molar-refractivity contribution in [2.75, 3.05) is 0 Å². The van der Waals surface area contributed by atoms with Crippen LogP contribution < -0.4 is 5.56 Å². The lowest BCUT2D eigenvalue weighted by molar-refractivity contribution is 0.373. The van der Waals surface area contributed by atoms with Crippen molar-refractivity contribution in [2.45, 2.75) is 37.2 Å². The first-order valence-corrected chi connectivity index (χ1v) is 11.1. The minimum atomic E-state index is -0.0596. The second kappa shape index (κ2) is 8.75. The molecule has 3 heterocycles. The fraction of sp³-hybridized carbons (Fsp3) is 0.238. The normalized spacial score (nSPS) is 11.2. The fourth-order valence-electron chi connectivity index (χ4n) is 2.94. The number of fused-ring (bicyclic) bond motifs is 1. The number of rotatable bonds is 8. The van der Waals surface area contributed by atoms with Gasteiger partial charge in [-0.3, -0.25) is 9.36 Å². The van der Waals surface area contributed by atoms with Gasteiger partial charge in [-0.1, -0.05) is 60.3 Å². The van der Waals surface area contributed by atoms with Gasteiger partial charge in [-0.05, 0) is 18.1 Å². The average molecular weight is 425 g/mol. The molecule has 8 heteroatoms. The molecule has 0 atom stereocenters. The molecule has 6 nitrogen and oxygen atoms in total. The molecule has 1 aromatic carbocycles. The van der Waals surface area contributed by atoms with E-state index in [0.29, 0.717) is 34.6 Å². The molecule has 3 aromatic heterocycles. The number of thiophene rings is 1. The molecular weight excluding hydrogens is 404 g/mol. The van der Waals surface area contributed by atoms with Crippen LogP contribution in [-0.2, 0) is 18.7 Å². The van der Waals surface area contributed by atoms with Gasteiger partial charge < -0.3 is 4.52 Å². The van der Waals surface area contributed by atoms with Gasteiger partial charge >= 0.3 is 0 Å². The van der Waals surface area contributed by atoms with Crippen molar-refractivity contribution >= 4 is 33.3 Å².